The fourth-order valence-corrected chi connectivity index (χ4v) is 2.04. The second-order valence-corrected chi connectivity index (χ2v) is 3.71. The molecule has 0 bridgehead atoms. The Bertz CT molecular complexity index is 639. The Morgan fingerprint density at radius 1 is 1.05 bits per heavy atom. The van der Waals surface area contributed by atoms with Gasteiger partial charge in [0, 0.05) is 0 Å². The minimum atomic E-state index is -1.00. The average molecular weight is 284 g/mol. The van der Waals surface area contributed by atoms with E-state index < -0.39 is 50.9 Å². The lowest BCUT2D eigenvalue weighted by Gasteiger charge is -2.10. The monoisotopic (exact) mass is 284 g/mol. The zero-order chi connectivity index (χ0) is 15.0. The smallest absolute Gasteiger partial charge is 0.346 e. The number of esters is 1. The van der Waals surface area contributed by atoms with Gasteiger partial charge in [0.25, 0.3) is 0 Å². The van der Waals surface area contributed by atoms with Crippen LogP contribution < -0.4 is 9.47 Å². The first-order valence-electron chi connectivity index (χ1n) is 5.20. The summed E-state index contributed by atoms with van der Waals surface area (Å²) in [5.41, 5.74) is -1.94. The number of hydrogen-bond acceptors (Lipinski definition) is 8. The number of nitrogens with zero attached hydrogens (tertiary/aromatic N) is 2. The number of nitro groups is 2. The number of nitro benzene ring substituents is 2. The van der Waals surface area contributed by atoms with Gasteiger partial charge in [0.2, 0.25) is 11.5 Å². The molecule has 1 aliphatic heterocycles. The van der Waals surface area contributed by atoms with Gasteiger partial charge in [-0.1, -0.05) is 0 Å². The van der Waals surface area contributed by atoms with Crippen molar-refractivity contribution < 1.29 is 28.9 Å². The van der Waals surface area contributed by atoms with Crippen molar-refractivity contribution in [1.82, 2.24) is 0 Å². The van der Waals surface area contributed by atoms with Crippen molar-refractivity contribution in [2.45, 2.75) is 6.61 Å². The van der Waals surface area contributed by atoms with Crippen LogP contribution in [0.4, 0.5) is 11.4 Å². The van der Waals surface area contributed by atoms with Crippen LogP contribution in [-0.4, -0.2) is 30.0 Å². The summed E-state index contributed by atoms with van der Waals surface area (Å²) < 4.78 is 14.3. The molecule has 0 fully saturated rings. The Morgan fingerprint density at radius 3 is 2.00 bits per heavy atom. The molecule has 2 rings (SSSR count). The molecule has 10 nitrogen and oxygen atoms in total. The number of ether oxygens (including phenoxy) is 3. The maximum absolute atomic E-state index is 11.6. The van der Waals surface area contributed by atoms with Crippen LogP contribution in [-0.2, 0) is 11.3 Å². The molecule has 20 heavy (non-hydrogen) atoms. The summed E-state index contributed by atoms with van der Waals surface area (Å²) in [4.78, 5) is 32.2. The number of carbonyl (C=O) groups excluding carboxylic acids is 1. The summed E-state index contributed by atoms with van der Waals surface area (Å²) in [6.45, 7) is -0.425. The topological polar surface area (TPSA) is 131 Å². The summed E-state index contributed by atoms with van der Waals surface area (Å²) in [5, 5.41) is 22.3. The molecule has 0 unspecified atom stereocenters. The van der Waals surface area contributed by atoms with E-state index >= 15 is 0 Å². The summed E-state index contributed by atoms with van der Waals surface area (Å²) >= 11 is 0. The summed E-state index contributed by atoms with van der Waals surface area (Å²) in [6.07, 6.45) is 0. The summed E-state index contributed by atoms with van der Waals surface area (Å²) in [7, 11) is 2.19. The number of rotatable bonds is 4. The SMILES string of the molecule is COc1c(OC)c([N+](=O)[O-])c2c(c1[N+](=O)[O-])COC2=O. The third kappa shape index (κ3) is 1.69. The molecular weight excluding hydrogens is 276 g/mol. The second-order valence-electron chi connectivity index (χ2n) is 3.71. The van der Waals surface area contributed by atoms with Crippen molar-refractivity contribution in [3.8, 4) is 11.5 Å². The Balaban J connectivity index is 2.98. The number of carbonyl (C=O) groups is 1. The highest BCUT2D eigenvalue weighted by molar-refractivity contribution is 6.01. The van der Waals surface area contributed by atoms with Crippen LogP contribution in [0.5, 0.6) is 11.5 Å². The Labute approximate surface area is 111 Å². The zero-order valence-electron chi connectivity index (χ0n) is 10.4. The van der Waals surface area contributed by atoms with Crippen LogP contribution in [0.1, 0.15) is 15.9 Å². The van der Waals surface area contributed by atoms with Crippen molar-refractivity contribution in [3.05, 3.63) is 31.4 Å². The fourth-order valence-electron chi connectivity index (χ4n) is 2.04. The van der Waals surface area contributed by atoms with Crippen molar-refractivity contribution in [2.75, 3.05) is 14.2 Å². The minimum absolute atomic E-state index is 0.190. The number of cyclic esters (lactones) is 1. The van der Waals surface area contributed by atoms with Crippen molar-refractivity contribution in [3.63, 3.8) is 0 Å². The van der Waals surface area contributed by atoms with Gasteiger partial charge in [-0.2, -0.15) is 0 Å². The Hall–Kier alpha value is -2.91. The van der Waals surface area contributed by atoms with E-state index in [1.54, 1.807) is 0 Å². The first-order chi connectivity index (χ1) is 9.43. The normalized spacial score (nSPS) is 12.6. The molecule has 1 heterocycles. The lowest BCUT2D eigenvalue weighted by molar-refractivity contribution is -0.391. The van der Waals surface area contributed by atoms with Gasteiger partial charge in [-0.25, -0.2) is 4.79 Å². The van der Waals surface area contributed by atoms with Crippen LogP contribution in [0.25, 0.3) is 0 Å². The average Bonchev–Trinajstić information content (AvgIpc) is 2.77. The highest BCUT2D eigenvalue weighted by atomic mass is 16.6. The van der Waals surface area contributed by atoms with E-state index in [0.29, 0.717) is 0 Å². The highest BCUT2D eigenvalue weighted by Crippen LogP contribution is 2.50. The van der Waals surface area contributed by atoms with E-state index in [-0.39, 0.29) is 5.56 Å². The largest absolute Gasteiger partial charge is 0.487 e. The van der Waals surface area contributed by atoms with Crippen LogP contribution in [0.3, 0.4) is 0 Å². The quantitative estimate of drug-likeness (QED) is 0.457. The number of benzene rings is 1. The fraction of sp³-hybridized carbons (Fsp3) is 0.300. The zero-order valence-corrected chi connectivity index (χ0v) is 10.4. The molecule has 1 aliphatic rings. The molecule has 0 amide bonds. The molecule has 0 saturated heterocycles. The first-order valence-corrected chi connectivity index (χ1v) is 5.20. The van der Waals surface area contributed by atoms with Gasteiger partial charge in [0.05, 0.1) is 29.6 Å². The molecule has 0 aliphatic carbocycles. The van der Waals surface area contributed by atoms with E-state index in [0.717, 1.165) is 14.2 Å². The molecule has 10 heteroatoms. The lowest BCUT2D eigenvalue weighted by atomic mass is 10.0. The maximum Gasteiger partial charge on any atom is 0.346 e. The third-order valence-corrected chi connectivity index (χ3v) is 2.79. The molecule has 0 aromatic heterocycles. The number of fused-ring (bicyclic) bond motifs is 1. The number of methoxy groups -OCH3 is 2. The summed E-state index contributed by atoms with van der Waals surface area (Å²) in [6, 6.07) is 0. The van der Waals surface area contributed by atoms with Gasteiger partial charge in [0.15, 0.2) is 5.56 Å². The predicted molar refractivity (Wildman–Crippen MR) is 62.0 cm³/mol. The van der Waals surface area contributed by atoms with Gasteiger partial charge in [-0.3, -0.25) is 20.2 Å². The molecular formula is C10H8N2O8. The number of hydrogen-bond donors (Lipinski definition) is 0. The molecule has 0 radical (unpaired) electrons. The maximum atomic E-state index is 11.6. The molecule has 0 saturated carbocycles. The highest BCUT2D eigenvalue weighted by Gasteiger charge is 2.44. The van der Waals surface area contributed by atoms with Gasteiger partial charge in [-0.05, 0) is 0 Å². The third-order valence-electron chi connectivity index (χ3n) is 2.79. The lowest BCUT2D eigenvalue weighted by Crippen LogP contribution is -2.08. The van der Waals surface area contributed by atoms with E-state index in [4.69, 9.17) is 9.47 Å². The van der Waals surface area contributed by atoms with E-state index in [1.165, 1.54) is 0 Å². The minimum Gasteiger partial charge on any atom is -0.487 e. The van der Waals surface area contributed by atoms with Crippen LogP contribution in [0, 0.1) is 20.2 Å². The van der Waals surface area contributed by atoms with Gasteiger partial charge in [0.1, 0.15) is 6.61 Å². The van der Waals surface area contributed by atoms with Crippen LogP contribution in [0.2, 0.25) is 0 Å². The predicted octanol–water partition coefficient (Wildman–Crippen LogP) is 1.19. The molecule has 0 atom stereocenters. The van der Waals surface area contributed by atoms with E-state index in [9.17, 15) is 25.0 Å². The van der Waals surface area contributed by atoms with E-state index in [1.807, 2.05) is 0 Å². The first kappa shape index (κ1) is 13.5. The van der Waals surface area contributed by atoms with Crippen LogP contribution >= 0.6 is 0 Å². The van der Waals surface area contributed by atoms with Crippen molar-refractivity contribution >= 4 is 17.3 Å². The standard InChI is InChI=1S/C10H8N2O8/c1-18-8-6(11(14)15)4-3-20-10(13)5(4)7(12(16)17)9(8)19-2/h3H2,1-2H3. The molecule has 0 spiro atoms. The van der Waals surface area contributed by atoms with Crippen LogP contribution in [0.15, 0.2) is 0 Å². The van der Waals surface area contributed by atoms with Crippen molar-refractivity contribution in [1.29, 1.82) is 0 Å². The Morgan fingerprint density at radius 2 is 1.55 bits per heavy atom. The van der Waals surface area contributed by atoms with E-state index in [2.05, 4.69) is 4.74 Å². The van der Waals surface area contributed by atoms with Gasteiger partial charge >= 0.3 is 17.3 Å². The molecule has 1 aromatic rings. The Kier molecular flexibility index (Phi) is 3.14. The molecule has 1 aromatic carbocycles. The molecule has 106 valence electrons. The molecule has 0 N–H and O–H groups in total. The van der Waals surface area contributed by atoms with Gasteiger partial charge < -0.3 is 14.2 Å². The van der Waals surface area contributed by atoms with Gasteiger partial charge in [-0.15, -0.1) is 0 Å². The second kappa shape index (κ2) is 4.64. The summed E-state index contributed by atoms with van der Waals surface area (Å²) in [5.74, 6) is -1.90. The van der Waals surface area contributed by atoms with Crippen molar-refractivity contribution in [2.24, 2.45) is 0 Å².